The minimum Gasteiger partial charge on any atom is -0.355 e. The molecule has 0 atom stereocenters. The molecule has 0 heterocycles. The lowest BCUT2D eigenvalue weighted by Crippen LogP contribution is -2.28. The lowest BCUT2D eigenvalue weighted by Gasteiger charge is -2.34. The normalized spacial score (nSPS) is 12.6. The molecule has 0 radical (unpaired) electrons. The Morgan fingerprint density at radius 1 is 0.280 bits per heavy atom. The minimum absolute atomic E-state index is 0.438. The van der Waals surface area contributed by atoms with Gasteiger partial charge in [-0.3, -0.25) is 0 Å². The third kappa shape index (κ3) is 4.95. The summed E-state index contributed by atoms with van der Waals surface area (Å²) in [6.07, 6.45) is 0. The molecule has 0 fully saturated rings. The fraction of sp³-hybridized carbons (Fsp3) is 0.0204. The van der Waals surface area contributed by atoms with Crippen molar-refractivity contribution < 1.29 is 0 Å². The quantitative estimate of drug-likeness (QED) is 0.183. The van der Waals surface area contributed by atoms with Gasteiger partial charge in [0, 0.05) is 11.4 Å². The van der Waals surface area contributed by atoms with Gasteiger partial charge in [-0.05, 0) is 91.0 Å². The third-order valence-corrected chi connectivity index (χ3v) is 10.2. The highest BCUT2D eigenvalue weighted by Gasteiger charge is 2.46. The second kappa shape index (κ2) is 12.5. The molecule has 8 aromatic carbocycles. The number of anilines is 2. The molecule has 1 aliphatic carbocycles. The van der Waals surface area contributed by atoms with E-state index in [1.54, 1.807) is 0 Å². The third-order valence-electron chi connectivity index (χ3n) is 10.2. The zero-order valence-corrected chi connectivity index (χ0v) is 27.6. The monoisotopic (exact) mass is 637 g/mol. The Morgan fingerprint density at radius 3 is 1.32 bits per heavy atom. The maximum Gasteiger partial charge on any atom is 0.0714 e. The zero-order valence-electron chi connectivity index (χ0n) is 27.6. The smallest absolute Gasteiger partial charge is 0.0714 e. The van der Waals surface area contributed by atoms with E-state index >= 15 is 0 Å². The predicted molar refractivity (Wildman–Crippen MR) is 210 cm³/mol. The van der Waals surface area contributed by atoms with E-state index in [4.69, 9.17) is 0 Å². The van der Waals surface area contributed by atoms with Crippen LogP contribution in [0.25, 0.3) is 44.5 Å². The minimum atomic E-state index is -0.438. The van der Waals surface area contributed by atoms with Crippen LogP contribution in [0.4, 0.5) is 11.4 Å². The molecule has 0 bridgehead atoms. The van der Waals surface area contributed by atoms with Crippen LogP contribution >= 0.6 is 0 Å². The summed E-state index contributed by atoms with van der Waals surface area (Å²) in [6, 6.07) is 74.6. The molecule has 0 unspecified atom stereocenters. The van der Waals surface area contributed by atoms with Crippen molar-refractivity contribution in [2.75, 3.05) is 5.32 Å². The molecule has 0 spiro atoms. The van der Waals surface area contributed by atoms with Gasteiger partial charge < -0.3 is 5.32 Å². The van der Waals surface area contributed by atoms with Gasteiger partial charge >= 0.3 is 0 Å². The van der Waals surface area contributed by atoms with Crippen molar-refractivity contribution in [3.8, 4) is 44.5 Å². The van der Waals surface area contributed by atoms with Gasteiger partial charge in [0.2, 0.25) is 0 Å². The van der Waals surface area contributed by atoms with Crippen molar-refractivity contribution in [3.63, 3.8) is 0 Å². The van der Waals surface area contributed by atoms with E-state index < -0.39 is 5.41 Å². The highest BCUT2D eigenvalue weighted by atomic mass is 14.9. The Labute approximate surface area is 294 Å². The van der Waals surface area contributed by atoms with E-state index in [1.807, 2.05) is 0 Å². The van der Waals surface area contributed by atoms with E-state index in [0.29, 0.717) is 0 Å². The van der Waals surface area contributed by atoms with Crippen LogP contribution in [-0.2, 0) is 5.41 Å². The summed E-state index contributed by atoms with van der Waals surface area (Å²) in [7, 11) is 0. The molecule has 0 saturated heterocycles. The van der Waals surface area contributed by atoms with Gasteiger partial charge in [-0.1, -0.05) is 182 Å². The molecule has 1 heteroatoms. The summed E-state index contributed by atoms with van der Waals surface area (Å²) in [6.45, 7) is 0. The summed E-state index contributed by atoms with van der Waals surface area (Å²) < 4.78 is 0. The second-order valence-corrected chi connectivity index (χ2v) is 13.0. The molecule has 1 nitrogen and oxygen atoms in total. The van der Waals surface area contributed by atoms with E-state index in [9.17, 15) is 0 Å². The van der Waals surface area contributed by atoms with E-state index in [0.717, 1.165) is 11.4 Å². The van der Waals surface area contributed by atoms with Crippen LogP contribution in [0, 0.1) is 0 Å². The molecule has 1 aliphatic rings. The maximum absolute atomic E-state index is 3.84. The molecule has 0 aromatic heterocycles. The van der Waals surface area contributed by atoms with Gasteiger partial charge in [-0.15, -0.1) is 0 Å². The van der Waals surface area contributed by atoms with Crippen LogP contribution in [0.1, 0.15) is 22.3 Å². The molecular formula is C49H35N. The molecule has 0 amide bonds. The van der Waals surface area contributed by atoms with Crippen LogP contribution in [0.5, 0.6) is 0 Å². The molecule has 9 rings (SSSR count). The number of fused-ring (bicyclic) bond motifs is 3. The Kier molecular flexibility index (Phi) is 7.44. The highest BCUT2D eigenvalue weighted by molar-refractivity contribution is 5.93. The average Bonchev–Trinajstić information content (AvgIpc) is 3.49. The van der Waals surface area contributed by atoms with Crippen molar-refractivity contribution in [2.24, 2.45) is 0 Å². The number of rotatable bonds is 7. The maximum atomic E-state index is 3.84. The zero-order chi connectivity index (χ0) is 33.3. The van der Waals surface area contributed by atoms with Crippen LogP contribution < -0.4 is 5.32 Å². The summed E-state index contributed by atoms with van der Waals surface area (Å²) in [4.78, 5) is 0. The first kappa shape index (κ1) is 29.7. The van der Waals surface area contributed by atoms with E-state index in [1.165, 1.54) is 66.8 Å². The SMILES string of the molecule is c1ccc(-c2ccccc2-c2ccc(Nc3ccc4c(c3)C(c3ccccc3)(c3ccccc3)c3ccccc3-4)cc2-c2ccccc2)cc1. The number of hydrogen-bond acceptors (Lipinski definition) is 1. The van der Waals surface area contributed by atoms with Crippen LogP contribution in [0.2, 0.25) is 0 Å². The topological polar surface area (TPSA) is 12.0 Å². The molecule has 0 aliphatic heterocycles. The molecule has 1 N–H and O–H groups in total. The van der Waals surface area contributed by atoms with Crippen molar-refractivity contribution in [1.29, 1.82) is 0 Å². The van der Waals surface area contributed by atoms with Gasteiger partial charge in [0.1, 0.15) is 0 Å². The van der Waals surface area contributed by atoms with E-state index in [-0.39, 0.29) is 0 Å². The van der Waals surface area contributed by atoms with E-state index in [2.05, 4.69) is 212 Å². The number of hydrogen-bond donors (Lipinski definition) is 1. The summed E-state index contributed by atoms with van der Waals surface area (Å²) in [5.74, 6) is 0. The number of benzene rings is 8. The van der Waals surface area contributed by atoms with Crippen LogP contribution in [0.15, 0.2) is 206 Å². The first-order valence-electron chi connectivity index (χ1n) is 17.3. The van der Waals surface area contributed by atoms with Gasteiger partial charge in [-0.25, -0.2) is 0 Å². The Balaban J connectivity index is 1.19. The summed E-state index contributed by atoms with van der Waals surface area (Å²) in [5.41, 5.74) is 16.6. The fourth-order valence-electron chi connectivity index (χ4n) is 7.99. The first-order valence-corrected chi connectivity index (χ1v) is 17.3. The first-order chi connectivity index (χ1) is 24.8. The average molecular weight is 638 g/mol. The van der Waals surface area contributed by atoms with Crippen molar-refractivity contribution in [3.05, 3.63) is 229 Å². The highest BCUT2D eigenvalue weighted by Crippen LogP contribution is 2.56. The lowest BCUT2D eigenvalue weighted by atomic mass is 9.67. The van der Waals surface area contributed by atoms with Gasteiger partial charge in [-0.2, -0.15) is 0 Å². The summed E-state index contributed by atoms with van der Waals surface area (Å²) in [5, 5.41) is 3.84. The molecular weight excluding hydrogens is 603 g/mol. The molecule has 236 valence electrons. The van der Waals surface area contributed by atoms with Gasteiger partial charge in [0.15, 0.2) is 0 Å². The standard InChI is InChI=1S/C49H35N/c1-5-17-35(18-6-1)41-25-13-14-26-42(41)43-31-29-39(33-46(43)36-19-7-2-8-20-36)50-40-30-32-45-44-27-15-16-28-47(44)49(48(45)34-40,37-21-9-3-10-22-37)38-23-11-4-12-24-38/h1-34,50H. The Hall–Kier alpha value is -6.44. The lowest BCUT2D eigenvalue weighted by molar-refractivity contribution is 0.769. The van der Waals surface area contributed by atoms with Crippen molar-refractivity contribution in [2.45, 2.75) is 5.41 Å². The van der Waals surface area contributed by atoms with Crippen LogP contribution in [-0.4, -0.2) is 0 Å². The van der Waals surface area contributed by atoms with Crippen molar-refractivity contribution in [1.82, 2.24) is 0 Å². The second-order valence-electron chi connectivity index (χ2n) is 13.0. The van der Waals surface area contributed by atoms with Gasteiger partial charge in [0.25, 0.3) is 0 Å². The van der Waals surface area contributed by atoms with Gasteiger partial charge in [0.05, 0.1) is 5.41 Å². The summed E-state index contributed by atoms with van der Waals surface area (Å²) >= 11 is 0. The fourth-order valence-corrected chi connectivity index (χ4v) is 7.99. The largest absolute Gasteiger partial charge is 0.355 e. The molecule has 0 saturated carbocycles. The Morgan fingerprint density at radius 2 is 0.700 bits per heavy atom. The van der Waals surface area contributed by atoms with Crippen LogP contribution in [0.3, 0.4) is 0 Å². The molecule has 8 aromatic rings. The Bertz CT molecular complexity index is 2390. The number of nitrogens with one attached hydrogen (secondary N) is 1. The predicted octanol–water partition coefficient (Wildman–Crippen LogP) is 12.8. The van der Waals surface area contributed by atoms with Crippen molar-refractivity contribution >= 4 is 11.4 Å². The molecule has 50 heavy (non-hydrogen) atoms.